The molecule has 0 fully saturated rings. The molecule has 4 rings (SSSR count). The summed E-state index contributed by atoms with van der Waals surface area (Å²) in [5, 5.41) is 2.05. The summed E-state index contributed by atoms with van der Waals surface area (Å²) in [5.41, 5.74) is 2.75. The van der Waals surface area contributed by atoms with Gasteiger partial charge in [-0.05, 0) is 37.1 Å². The van der Waals surface area contributed by atoms with Gasteiger partial charge in [-0.15, -0.1) is 0 Å². The van der Waals surface area contributed by atoms with Gasteiger partial charge in [0.1, 0.15) is 12.4 Å². The van der Waals surface area contributed by atoms with Crippen molar-refractivity contribution in [1.82, 2.24) is 15.0 Å². The van der Waals surface area contributed by atoms with E-state index in [1.807, 2.05) is 37.3 Å². The van der Waals surface area contributed by atoms with E-state index < -0.39 is 0 Å². The van der Waals surface area contributed by atoms with Crippen LogP contribution in [0.15, 0.2) is 53.3 Å². The number of H-pyrrole nitrogens is 1. The van der Waals surface area contributed by atoms with Crippen molar-refractivity contribution in [2.24, 2.45) is 0 Å². The van der Waals surface area contributed by atoms with Gasteiger partial charge in [0.2, 0.25) is 0 Å². The quantitative estimate of drug-likeness (QED) is 0.463. The monoisotopic (exact) mass is 421 g/mol. The Kier molecular flexibility index (Phi) is 5.77. The topological polar surface area (TPSA) is 84.9 Å². The minimum atomic E-state index is -0.346. The molecule has 0 aliphatic rings. The zero-order valence-electron chi connectivity index (χ0n) is 16.4. The highest BCUT2D eigenvalue weighted by Crippen LogP contribution is 2.27. The first kappa shape index (κ1) is 20.0. The van der Waals surface area contributed by atoms with Crippen LogP contribution in [0, 0.1) is 6.92 Å². The molecule has 0 saturated heterocycles. The van der Waals surface area contributed by atoms with E-state index in [1.54, 1.807) is 18.2 Å². The van der Waals surface area contributed by atoms with Gasteiger partial charge >= 0.3 is 5.97 Å². The number of carbonyl (C=O) groups is 1. The van der Waals surface area contributed by atoms with E-state index in [0.29, 0.717) is 40.3 Å². The fraction of sp³-hybridized carbons (Fsp3) is 0.217. The number of hydrogen-bond donors (Lipinski definition) is 1. The third-order valence-electron chi connectivity index (χ3n) is 4.97. The maximum Gasteiger partial charge on any atom is 0.306 e. The average Bonchev–Trinajstić information content (AvgIpc) is 2.75. The van der Waals surface area contributed by atoms with Crippen LogP contribution in [0.1, 0.15) is 29.9 Å². The van der Waals surface area contributed by atoms with Crippen LogP contribution in [-0.4, -0.2) is 20.9 Å². The summed E-state index contributed by atoms with van der Waals surface area (Å²) in [6, 6.07) is 14.9. The summed E-state index contributed by atoms with van der Waals surface area (Å²) in [4.78, 5) is 36.0. The second-order valence-corrected chi connectivity index (χ2v) is 7.44. The number of rotatable bonds is 6. The SMILES string of the molecule is Cc1c(Cl)c(COC(=O)CCCc2nc3ccccc3c(=O)[nH]2)nc2ccccc12. The number of nitrogens with zero attached hydrogens (tertiary/aromatic N) is 2. The maximum absolute atomic E-state index is 12.2. The predicted octanol–water partition coefficient (Wildman–Crippen LogP) is 4.50. The lowest BCUT2D eigenvalue weighted by molar-refractivity contribution is -0.145. The highest BCUT2D eigenvalue weighted by atomic mass is 35.5. The van der Waals surface area contributed by atoms with Crippen LogP contribution in [0.2, 0.25) is 5.02 Å². The third-order valence-corrected chi connectivity index (χ3v) is 5.47. The molecule has 0 saturated carbocycles. The number of para-hydroxylation sites is 2. The van der Waals surface area contributed by atoms with Crippen molar-refractivity contribution in [3.05, 3.63) is 81.0 Å². The van der Waals surface area contributed by atoms with Gasteiger partial charge in [0.25, 0.3) is 5.56 Å². The molecule has 0 bridgehead atoms. The van der Waals surface area contributed by atoms with E-state index in [0.717, 1.165) is 16.5 Å². The second-order valence-electron chi connectivity index (χ2n) is 7.06. The molecule has 1 N–H and O–H groups in total. The summed E-state index contributed by atoms with van der Waals surface area (Å²) in [6.45, 7) is 1.95. The summed E-state index contributed by atoms with van der Waals surface area (Å²) >= 11 is 6.41. The predicted molar refractivity (Wildman–Crippen MR) is 117 cm³/mol. The van der Waals surface area contributed by atoms with Gasteiger partial charge in [-0.1, -0.05) is 41.9 Å². The molecule has 4 aromatic rings. The Labute approximate surface area is 177 Å². The van der Waals surface area contributed by atoms with Crippen LogP contribution in [0.25, 0.3) is 21.8 Å². The number of hydrogen-bond acceptors (Lipinski definition) is 5. The van der Waals surface area contributed by atoms with Crippen LogP contribution in [0.4, 0.5) is 0 Å². The van der Waals surface area contributed by atoms with Crippen LogP contribution < -0.4 is 5.56 Å². The third kappa shape index (κ3) is 4.19. The van der Waals surface area contributed by atoms with Crippen molar-refractivity contribution in [1.29, 1.82) is 0 Å². The maximum atomic E-state index is 12.2. The molecule has 2 heterocycles. The van der Waals surface area contributed by atoms with Crippen LogP contribution in [-0.2, 0) is 22.6 Å². The fourth-order valence-corrected chi connectivity index (χ4v) is 3.59. The van der Waals surface area contributed by atoms with Gasteiger partial charge < -0.3 is 9.72 Å². The van der Waals surface area contributed by atoms with Gasteiger partial charge in [0.05, 0.1) is 27.1 Å². The Bertz CT molecular complexity index is 1300. The van der Waals surface area contributed by atoms with Gasteiger partial charge in [0.15, 0.2) is 0 Å². The molecule has 0 amide bonds. The van der Waals surface area contributed by atoms with Crippen LogP contribution in [0.5, 0.6) is 0 Å². The molecule has 0 spiro atoms. The highest BCUT2D eigenvalue weighted by molar-refractivity contribution is 6.32. The lowest BCUT2D eigenvalue weighted by atomic mass is 10.1. The van der Waals surface area contributed by atoms with Crippen molar-refractivity contribution in [2.45, 2.75) is 32.8 Å². The normalized spacial score (nSPS) is 11.1. The molecule has 30 heavy (non-hydrogen) atoms. The molecule has 0 radical (unpaired) electrons. The molecule has 0 aliphatic carbocycles. The molecule has 0 atom stereocenters. The molecule has 2 aromatic heterocycles. The lowest BCUT2D eigenvalue weighted by Crippen LogP contribution is -2.12. The van der Waals surface area contributed by atoms with Gasteiger partial charge in [-0.25, -0.2) is 9.97 Å². The number of aryl methyl sites for hydroxylation is 2. The van der Waals surface area contributed by atoms with Gasteiger partial charge in [0, 0.05) is 18.2 Å². The largest absolute Gasteiger partial charge is 0.459 e. The van der Waals surface area contributed by atoms with Gasteiger partial charge in [-0.3, -0.25) is 9.59 Å². The van der Waals surface area contributed by atoms with Gasteiger partial charge in [-0.2, -0.15) is 0 Å². The zero-order chi connectivity index (χ0) is 21.1. The molecule has 7 heteroatoms. The number of esters is 1. The van der Waals surface area contributed by atoms with Crippen molar-refractivity contribution < 1.29 is 9.53 Å². The molecule has 2 aromatic carbocycles. The number of fused-ring (bicyclic) bond motifs is 2. The summed E-state index contributed by atoms with van der Waals surface area (Å²) in [7, 11) is 0. The smallest absolute Gasteiger partial charge is 0.306 e. The first-order valence-electron chi connectivity index (χ1n) is 9.70. The van der Waals surface area contributed by atoms with Crippen molar-refractivity contribution >= 4 is 39.4 Å². The Morgan fingerprint density at radius 3 is 2.47 bits per heavy atom. The molecule has 6 nitrogen and oxygen atoms in total. The number of pyridine rings is 1. The Balaban J connectivity index is 1.35. The molecular formula is C23H20ClN3O3. The highest BCUT2D eigenvalue weighted by Gasteiger charge is 2.13. The number of aromatic nitrogens is 3. The number of benzene rings is 2. The number of nitrogens with one attached hydrogen (secondary N) is 1. The van der Waals surface area contributed by atoms with Crippen molar-refractivity contribution in [3.8, 4) is 0 Å². The van der Waals surface area contributed by atoms with Crippen molar-refractivity contribution in [3.63, 3.8) is 0 Å². The average molecular weight is 422 g/mol. The van der Waals surface area contributed by atoms with Crippen LogP contribution >= 0.6 is 11.6 Å². The number of aromatic amines is 1. The minimum absolute atomic E-state index is 0.0222. The standard InChI is InChI=1S/C23H20ClN3O3/c1-14-15-7-2-4-9-17(15)25-19(22(14)24)13-30-21(28)12-6-11-20-26-18-10-5-3-8-16(18)23(29)27-20/h2-5,7-10H,6,11-13H2,1H3,(H,26,27,29). The Morgan fingerprint density at radius 1 is 1.03 bits per heavy atom. The van der Waals surface area contributed by atoms with E-state index in [-0.39, 0.29) is 24.6 Å². The first-order chi connectivity index (χ1) is 14.5. The number of halogens is 1. The van der Waals surface area contributed by atoms with E-state index in [4.69, 9.17) is 16.3 Å². The Hall–Kier alpha value is -3.25. The fourth-order valence-electron chi connectivity index (χ4n) is 3.39. The molecule has 0 aliphatic heterocycles. The molecular weight excluding hydrogens is 402 g/mol. The van der Waals surface area contributed by atoms with E-state index >= 15 is 0 Å². The number of ether oxygens (including phenoxy) is 1. The minimum Gasteiger partial charge on any atom is -0.459 e. The Morgan fingerprint density at radius 2 is 1.70 bits per heavy atom. The second kappa shape index (κ2) is 8.63. The summed E-state index contributed by atoms with van der Waals surface area (Å²) in [6.07, 6.45) is 1.20. The first-order valence-corrected chi connectivity index (χ1v) is 10.1. The molecule has 152 valence electrons. The van der Waals surface area contributed by atoms with E-state index in [2.05, 4.69) is 15.0 Å². The number of carbonyl (C=O) groups excluding carboxylic acids is 1. The van der Waals surface area contributed by atoms with E-state index in [9.17, 15) is 9.59 Å². The summed E-state index contributed by atoms with van der Waals surface area (Å²) < 4.78 is 5.37. The lowest BCUT2D eigenvalue weighted by Gasteiger charge is -2.10. The summed E-state index contributed by atoms with van der Waals surface area (Å²) in [5.74, 6) is 0.211. The van der Waals surface area contributed by atoms with Crippen LogP contribution in [0.3, 0.4) is 0 Å². The van der Waals surface area contributed by atoms with Crippen molar-refractivity contribution in [2.75, 3.05) is 0 Å². The van der Waals surface area contributed by atoms with E-state index in [1.165, 1.54) is 0 Å². The molecule has 0 unspecified atom stereocenters. The zero-order valence-corrected chi connectivity index (χ0v) is 17.2.